The lowest BCUT2D eigenvalue weighted by Gasteiger charge is -2.32. The number of para-hydroxylation sites is 1. The van der Waals surface area contributed by atoms with Crippen LogP contribution >= 0.6 is 11.8 Å². The second-order valence-electron chi connectivity index (χ2n) is 8.17. The number of hydrogen-bond donors (Lipinski definition) is 1. The molecule has 1 atom stereocenters. The van der Waals surface area contributed by atoms with Crippen molar-refractivity contribution >= 4 is 17.8 Å². The Bertz CT molecular complexity index is 1040. The molecular formula is C25H27N3OS. The summed E-state index contributed by atoms with van der Waals surface area (Å²) in [7, 11) is 0. The molecule has 1 aliphatic carbocycles. The lowest BCUT2D eigenvalue weighted by Crippen LogP contribution is -2.45. The fourth-order valence-corrected chi connectivity index (χ4v) is 5.21. The number of carbonyl (C=O) groups excluding carboxylic acids is 1. The molecule has 1 unspecified atom stereocenters. The molecule has 0 saturated heterocycles. The maximum absolute atomic E-state index is 13.6. The molecule has 30 heavy (non-hydrogen) atoms. The van der Waals surface area contributed by atoms with Gasteiger partial charge in [-0.25, -0.2) is 4.79 Å². The van der Waals surface area contributed by atoms with E-state index in [2.05, 4.69) is 83.0 Å². The second-order valence-corrected chi connectivity index (χ2v) is 9.05. The zero-order valence-electron chi connectivity index (χ0n) is 17.3. The number of carbonyl (C=O) groups is 1. The summed E-state index contributed by atoms with van der Waals surface area (Å²) in [6.07, 6.45) is 8.77. The molecule has 0 radical (unpaired) electrons. The fourth-order valence-electron chi connectivity index (χ4n) is 4.80. The van der Waals surface area contributed by atoms with Gasteiger partial charge in [0, 0.05) is 22.8 Å². The number of urea groups is 1. The van der Waals surface area contributed by atoms with Crippen molar-refractivity contribution in [3.05, 3.63) is 83.7 Å². The summed E-state index contributed by atoms with van der Waals surface area (Å²) >= 11 is 1.74. The first-order chi connectivity index (χ1) is 14.7. The third kappa shape index (κ3) is 3.52. The zero-order chi connectivity index (χ0) is 20.5. The minimum absolute atomic E-state index is 0.0327. The molecule has 5 rings (SSSR count). The summed E-state index contributed by atoms with van der Waals surface area (Å²) in [5.41, 5.74) is 4.58. The van der Waals surface area contributed by atoms with E-state index in [1.807, 2.05) is 4.90 Å². The van der Waals surface area contributed by atoms with E-state index in [1.165, 1.54) is 23.3 Å². The van der Waals surface area contributed by atoms with Gasteiger partial charge in [-0.3, -0.25) is 0 Å². The van der Waals surface area contributed by atoms with Crippen LogP contribution in [0.25, 0.3) is 5.69 Å². The van der Waals surface area contributed by atoms with Crippen molar-refractivity contribution in [2.75, 3.05) is 6.26 Å². The number of nitrogens with zero attached hydrogens (tertiary/aromatic N) is 2. The van der Waals surface area contributed by atoms with Crippen molar-refractivity contribution < 1.29 is 4.79 Å². The molecule has 1 aliphatic heterocycles. The van der Waals surface area contributed by atoms with Crippen LogP contribution in [-0.2, 0) is 6.54 Å². The van der Waals surface area contributed by atoms with Crippen molar-refractivity contribution in [2.45, 2.75) is 49.2 Å². The first-order valence-electron chi connectivity index (χ1n) is 10.7. The van der Waals surface area contributed by atoms with Crippen LogP contribution in [0.3, 0.4) is 0 Å². The lowest BCUT2D eigenvalue weighted by atomic mass is 10.0. The fraction of sp³-hybridized carbons (Fsp3) is 0.320. The molecule has 1 saturated carbocycles. The van der Waals surface area contributed by atoms with Crippen LogP contribution in [0.15, 0.2) is 71.8 Å². The van der Waals surface area contributed by atoms with Gasteiger partial charge in [0.15, 0.2) is 0 Å². The van der Waals surface area contributed by atoms with Crippen molar-refractivity contribution in [1.82, 2.24) is 14.8 Å². The van der Waals surface area contributed by atoms with Crippen LogP contribution in [0.5, 0.6) is 0 Å². The van der Waals surface area contributed by atoms with Crippen molar-refractivity contribution in [1.29, 1.82) is 0 Å². The molecule has 1 N–H and O–H groups in total. The van der Waals surface area contributed by atoms with Crippen LogP contribution in [0.2, 0.25) is 0 Å². The van der Waals surface area contributed by atoms with Crippen LogP contribution < -0.4 is 5.32 Å². The van der Waals surface area contributed by atoms with Gasteiger partial charge in [-0.2, -0.15) is 0 Å². The molecule has 5 heteroatoms. The maximum Gasteiger partial charge on any atom is 0.318 e. The molecular weight excluding hydrogens is 390 g/mol. The molecule has 2 aliphatic rings. The van der Waals surface area contributed by atoms with Gasteiger partial charge in [-0.15, -0.1) is 11.8 Å². The van der Waals surface area contributed by atoms with E-state index in [9.17, 15) is 4.79 Å². The number of rotatable bonds is 3. The van der Waals surface area contributed by atoms with E-state index in [1.54, 1.807) is 11.8 Å². The highest BCUT2D eigenvalue weighted by Gasteiger charge is 2.33. The smallest absolute Gasteiger partial charge is 0.318 e. The monoisotopic (exact) mass is 417 g/mol. The van der Waals surface area contributed by atoms with Crippen molar-refractivity contribution in [3.63, 3.8) is 0 Å². The number of fused-ring (bicyclic) bond motifs is 3. The predicted octanol–water partition coefficient (Wildman–Crippen LogP) is 5.76. The highest BCUT2D eigenvalue weighted by molar-refractivity contribution is 7.98. The molecule has 2 heterocycles. The highest BCUT2D eigenvalue weighted by atomic mass is 32.2. The van der Waals surface area contributed by atoms with Gasteiger partial charge in [-0.1, -0.05) is 43.2 Å². The minimum atomic E-state index is -0.135. The molecule has 3 aromatic rings. The number of amides is 2. The van der Waals surface area contributed by atoms with Gasteiger partial charge in [0.1, 0.15) is 0 Å². The van der Waals surface area contributed by atoms with Crippen molar-refractivity contribution in [2.24, 2.45) is 0 Å². The third-order valence-electron chi connectivity index (χ3n) is 6.34. The highest BCUT2D eigenvalue weighted by Crippen LogP contribution is 2.37. The number of thioether (sulfide) groups is 1. The Morgan fingerprint density at radius 3 is 2.53 bits per heavy atom. The largest absolute Gasteiger partial charge is 0.335 e. The zero-order valence-corrected chi connectivity index (χ0v) is 18.1. The Kier molecular flexibility index (Phi) is 5.30. The molecule has 2 aromatic carbocycles. The average molecular weight is 418 g/mol. The molecule has 1 aromatic heterocycles. The SMILES string of the molecule is CSc1ccc(C2c3cccn3-c3ccccc3CN2C(=O)NC2CCCC2)cc1. The lowest BCUT2D eigenvalue weighted by molar-refractivity contribution is 0.176. The predicted molar refractivity (Wildman–Crippen MR) is 122 cm³/mol. The van der Waals surface area contributed by atoms with Gasteiger partial charge < -0.3 is 14.8 Å². The Hall–Kier alpha value is -2.66. The normalized spacial score (nSPS) is 18.6. The first kappa shape index (κ1) is 19.3. The van der Waals surface area contributed by atoms with E-state index in [0.717, 1.165) is 29.8 Å². The van der Waals surface area contributed by atoms with E-state index in [-0.39, 0.29) is 12.1 Å². The summed E-state index contributed by atoms with van der Waals surface area (Å²) < 4.78 is 2.24. The summed E-state index contributed by atoms with van der Waals surface area (Å²) in [5, 5.41) is 3.33. The molecule has 0 bridgehead atoms. The quantitative estimate of drug-likeness (QED) is 0.551. The van der Waals surface area contributed by atoms with E-state index in [0.29, 0.717) is 12.6 Å². The van der Waals surface area contributed by atoms with Crippen LogP contribution in [-0.4, -0.2) is 27.8 Å². The maximum atomic E-state index is 13.6. The summed E-state index contributed by atoms with van der Waals surface area (Å²) in [4.78, 5) is 16.8. The third-order valence-corrected chi connectivity index (χ3v) is 7.08. The number of aromatic nitrogens is 1. The van der Waals surface area contributed by atoms with E-state index in [4.69, 9.17) is 0 Å². The van der Waals surface area contributed by atoms with E-state index >= 15 is 0 Å². The van der Waals surface area contributed by atoms with Crippen LogP contribution in [0.1, 0.15) is 48.5 Å². The van der Waals surface area contributed by atoms with Gasteiger partial charge >= 0.3 is 6.03 Å². The van der Waals surface area contributed by atoms with Gasteiger partial charge in [0.25, 0.3) is 0 Å². The van der Waals surface area contributed by atoms with Gasteiger partial charge in [-0.05, 0) is 60.6 Å². The van der Waals surface area contributed by atoms with E-state index < -0.39 is 0 Å². The molecule has 1 fully saturated rings. The first-order valence-corrected chi connectivity index (χ1v) is 11.9. The minimum Gasteiger partial charge on any atom is -0.335 e. The van der Waals surface area contributed by atoms with Crippen LogP contribution in [0, 0.1) is 0 Å². The number of benzene rings is 2. The summed E-state index contributed by atoms with van der Waals surface area (Å²) in [6, 6.07) is 21.5. The second kappa shape index (κ2) is 8.23. The average Bonchev–Trinajstić information content (AvgIpc) is 3.44. The topological polar surface area (TPSA) is 37.3 Å². The Labute approximate surface area is 182 Å². The molecule has 4 nitrogen and oxygen atoms in total. The van der Waals surface area contributed by atoms with Crippen molar-refractivity contribution in [3.8, 4) is 5.69 Å². The Morgan fingerprint density at radius 1 is 1.00 bits per heavy atom. The molecule has 0 spiro atoms. The number of hydrogen-bond acceptors (Lipinski definition) is 2. The molecule has 2 amide bonds. The summed E-state index contributed by atoms with van der Waals surface area (Å²) in [5.74, 6) is 0. The number of nitrogens with one attached hydrogen (secondary N) is 1. The van der Waals surface area contributed by atoms with Gasteiger partial charge in [0.05, 0.1) is 18.3 Å². The summed E-state index contributed by atoms with van der Waals surface area (Å²) in [6.45, 7) is 0.589. The van der Waals surface area contributed by atoms with Gasteiger partial charge in [0.2, 0.25) is 0 Å². The van der Waals surface area contributed by atoms with Crippen LogP contribution in [0.4, 0.5) is 4.79 Å². The Balaban J connectivity index is 1.60. The molecule has 154 valence electrons. The Morgan fingerprint density at radius 2 is 1.77 bits per heavy atom. The standard InChI is InChI=1S/C25H27N3OS/c1-30-21-14-12-18(13-15-21)24-23-11-6-16-27(23)22-10-5-2-7-19(22)17-28(24)25(29)26-20-8-3-4-9-20/h2,5-7,10-16,20,24H,3-4,8-9,17H2,1H3,(H,26,29).